The van der Waals surface area contributed by atoms with E-state index in [1.54, 1.807) is 0 Å². The molecule has 0 saturated heterocycles. The Morgan fingerprint density at radius 3 is 1.09 bits per heavy atom. The monoisotopic (exact) mass is 1120 g/mol. The van der Waals surface area contributed by atoms with Gasteiger partial charge in [-0.2, -0.15) is 0 Å². The fraction of sp³-hybridized carbons (Fsp3) is 0.912. The summed E-state index contributed by atoms with van der Waals surface area (Å²) >= 11 is 0. The molecule has 0 bridgehead atoms. The lowest BCUT2D eigenvalue weighted by molar-refractivity contribution is -0.870. The minimum Gasteiger partial charge on any atom is -0.456 e. The molecule has 2 N–H and O–H groups in total. The first kappa shape index (κ1) is 76.5. The molecule has 1 amide bonds. The molecule has 0 rings (SSSR count). The van der Waals surface area contributed by atoms with E-state index in [9.17, 15) is 19.0 Å². The number of unbranched alkanes of at least 4 members (excludes halogenated alkanes) is 45. The fourth-order valence-corrected chi connectivity index (χ4v) is 11.1. The molecule has 78 heavy (non-hydrogen) atoms. The normalized spacial score (nSPS) is 13.7. The average molecular weight is 1120 g/mol. The van der Waals surface area contributed by atoms with E-state index in [0.29, 0.717) is 23.9 Å². The highest BCUT2D eigenvalue weighted by Crippen LogP contribution is 2.43. The molecule has 3 unspecified atom stereocenters. The molecule has 0 radical (unpaired) electrons. The van der Waals surface area contributed by atoms with Crippen LogP contribution in [0.2, 0.25) is 0 Å². The molecule has 3 atom stereocenters. The SMILES string of the molecule is CCCCCCCC/C=C/CCCCCCCCCCCCCCCC(=O)NC(COP(=O)(O)OCC[N+](C)(C)C)C(/C=C\CCCCCCCCCCCC)OC(=O)CCCCCCCCCCCCCCCCCCC. The van der Waals surface area contributed by atoms with Crippen LogP contribution < -0.4 is 5.32 Å². The van der Waals surface area contributed by atoms with Gasteiger partial charge in [-0.1, -0.05) is 302 Å². The number of phosphoric ester groups is 1. The van der Waals surface area contributed by atoms with Crippen molar-refractivity contribution in [2.45, 2.75) is 360 Å². The maximum absolute atomic E-state index is 13.6. The summed E-state index contributed by atoms with van der Waals surface area (Å²) in [6, 6.07) is -0.842. The smallest absolute Gasteiger partial charge is 0.456 e. The Hall–Kier alpha value is -1.51. The van der Waals surface area contributed by atoms with Gasteiger partial charge in [0.25, 0.3) is 0 Å². The van der Waals surface area contributed by atoms with Crippen molar-refractivity contribution in [2.24, 2.45) is 0 Å². The molecular formula is C68H134N2O7P+. The zero-order valence-electron chi connectivity index (χ0n) is 52.9. The number of phosphoric acid groups is 1. The average Bonchev–Trinajstić information content (AvgIpc) is 3.40. The number of carbonyl (C=O) groups is 2. The quantitative estimate of drug-likeness (QED) is 0.0205. The highest BCUT2D eigenvalue weighted by Gasteiger charge is 2.30. The summed E-state index contributed by atoms with van der Waals surface area (Å²) in [4.78, 5) is 37.8. The van der Waals surface area contributed by atoms with Crippen LogP contribution in [0.5, 0.6) is 0 Å². The van der Waals surface area contributed by atoms with Gasteiger partial charge in [0.15, 0.2) is 0 Å². The van der Waals surface area contributed by atoms with Gasteiger partial charge in [0, 0.05) is 12.8 Å². The lowest BCUT2D eigenvalue weighted by atomic mass is 10.0. The second-order valence-corrected chi connectivity index (χ2v) is 26.2. The molecule has 0 spiro atoms. The summed E-state index contributed by atoms with van der Waals surface area (Å²) in [7, 11) is 1.52. The highest BCUT2D eigenvalue weighted by molar-refractivity contribution is 7.47. The van der Waals surface area contributed by atoms with Gasteiger partial charge < -0.3 is 19.4 Å². The third kappa shape index (κ3) is 59.1. The molecule has 0 fully saturated rings. The van der Waals surface area contributed by atoms with Gasteiger partial charge in [-0.15, -0.1) is 0 Å². The fourth-order valence-electron chi connectivity index (χ4n) is 10.4. The lowest BCUT2D eigenvalue weighted by Crippen LogP contribution is -2.47. The predicted octanol–water partition coefficient (Wildman–Crippen LogP) is 21.3. The number of amides is 1. The summed E-state index contributed by atoms with van der Waals surface area (Å²) in [6.07, 6.45) is 70.4. The van der Waals surface area contributed by atoms with Gasteiger partial charge in [-0.25, -0.2) is 4.57 Å². The number of hydrogen-bond donors (Lipinski definition) is 2. The van der Waals surface area contributed by atoms with Gasteiger partial charge in [-0.05, 0) is 57.4 Å². The summed E-state index contributed by atoms with van der Waals surface area (Å²) in [6.45, 7) is 7.07. The van der Waals surface area contributed by atoms with E-state index in [4.69, 9.17) is 13.8 Å². The number of nitrogens with zero attached hydrogens (tertiary/aromatic N) is 1. The third-order valence-corrected chi connectivity index (χ3v) is 16.6. The number of allylic oxidation sites excluding steroid dienone is 3. The largest absolute Gasteiger partial charge is 0.472 e. The van der Waals surface area contributed by atoms with Crippen LogP contribution in [-0.4, -0.2) is 74.3 Å². The van der Waals surface area contributed by atoms with Crippen LogP contribution in [0.15, 0.2) is 24.3 Å². The molecule has 9 nitrogen and oxygen atoms in total. The molecule has 0 aliphatic heterocycles. The van der Waals surface area contributed by atoms with Crippen LogP contribution in [-0.2, 0) is 27.9 Å². The van der Waals surface area contributed by atoms with Gasteiger partial charge in [-0.3, -0.25) is 18.6 Å². The number of ether oxygens (including phenoxy) is 1. The molecule has 462 valence electrons. The van der Waals surface area contributed by atoms with E-state index in [1.165, 1.54) is 257 Å². The van der Waals surface area contributed by atoms with Gasteiger partial charge in [0.05, 0.1) is 33.8 Å². The Labute approximate surface area is 485 Å². The zero-order chi connectivity index (χ0) is 57.2. The minimum absolute atomic E-state index is 0.0443. The summed E-state index contributed by atoms with van der Waals surface area (Å²) in [5.41, 5.74) is 0. The first-order valence-electron chi connectivity index (χ1n) is 34.2. The van der Waals surface area contributed by atoms with E-state index in [0.717, 1.165) is 57.8 Å². The van der Waals surface area contributed by atoms with Crippen molar-refractivity contribution >= 4 is 19.7 Å². The van der Waals surface area contributed by atoms with Gasteiger partial charge in [0.1, 0.15) is 19.3 Å². The molecule has 0 aromatic heterocycles. The predicted molar refractivity (Wildman–Crippen MR) is 337 cm³/mol. The van der Waals surface area contributed by atoms with Crippen molar-refractivity contribution in [3.05, 3.63) is 24.3 Å². The topological polar surface area (TPSA) is 111 Å². The number of quaternary nitrogens is 1. The summed E-state index contributed by atoms with van der Waals surface area (Å²) in [5.74, 6) is -0.484. The molecule has 0 saturated carbocycles. The van der Waals surface area contributed by atoms with Crippen LogP contribution in [0.4, 0.5) is 0 Å². The van der Waals surface area contributed by atoms with Crippen LogP contribution in [0.25, 0.3) is 0 Å². The molecule has 0 aromatic rings. The van der Waals surface area contributed by atoms with Crippen LogP contribution >= 0.6 is 7.82 Å². The first-order valence-corrected chi connectivity index (χ1v) is 35.7. The van der Waals surface area contributed by atoms with Crippen molar-refractivity contribution in [3.63, 3.8) is 0 Å². The van der Waals surface area contributed by atoms with Crippen LogP contribution in [0, 0.1) is 0 Å². The van der Waals surface area contributed by atoms with Crippen molar-refractivity contribution in [1.29, 1.82) is 0 Å². The lowest BCUT2D eigenvalue weighted by Gasteiger charge is -2.27. The molecular weight excluding hydrogens is 988 g/mol. The second kappa shape index (κ2) is 58.7. The van der Waals surface area contributed by atoms with E-state index in [2.05, 4.69) is 38.2 Å². The number of carbonyl (C=O) groups excluding carboxylic acids is 2. The molecule has 0 aliphatic rings. The molecule has 0 heterocycles. The zero-order valence-corrected chi connectivity index (χ0v) is 53.8. The highest BCUT2D eigenvalue weighted by atomic mass is 31.2. The third-order valence-electron chi connectivity index (χ3n) is 15.6. The van der Waals surface area contributed by atoms with Crippen molar-refractivity contribution in [3.8, 4) is 0 Å². The number of rotatable bonds is 63. The number of likely N-dealkylation sites (N-methyl/N-ethyl adjacent to an activating group) is 1. The van der Waals surface area contributed by atoms with Crippen LogP contribution in [0.1, 0.15) is 348 Å². The molecule has 10 heteroatoms. The van der Waals surface area contributed by atoms with E-state index < -0.39 is 20.0 Å². The van der Waals surface area contributed by atoms with Crippen LogP contribution in [0.3, 0.4) is 0 Å². The Morgan fingerprint density at radius 1 is 0.436 bits per heavy atom. The number of nitrogens with one attached hydrogen (secondary N) is 1. The number of hydrogen-bond acceptors (Lipinski definition) is 6. The van der Waals surface area contributed by atoms with Crippen molar-refractivity contribution in [2.75, 3.05) is 40.9 Å². The molecule has 0 aliphatic carbocycles. The minimum atomic E-state index is -4.45. The Kier molecular flexibility index (Phi) is 57.5. The van der Waals surface area contributed by atoms with Gasteiger partial charge >= 0.3 is 13.8 Å². The second-order valence-electron chi connectivity index (χ2n) is 24.7. The Bertz CT molecular complexity index is 1380. The summed E-state index contributed by atoms with van der Waals surface area (Å²) in [5, 5.41) is 3.07. The van der Waals surface area contributed by atoms with Gasteiger partial charge in [0.2, 0.25) is 5.91 Å². The van der Waals surface area contributed by atoms with Crippen molar-refractivity contribution in [1.82, 2.24) is 5.32 Å². The Morgan fingerprint density at radius 2 is 0.744 bits per heavy atom. The summed E-state index contributed by atoms with van der Waals surface area (Å²) < 4.78 is 30.8. The van der Waals surface area contributed by atoms with E-state index in [1.807, 2.05) is 33.3 Å². The maximum Gasteiger partial charge on any atom is 0.472 e. The first-order chi connectivity index (χ1) is 37.9. The van der Waals surface area contributed by atoms with Crippen molar-refractivity contribution < 1.29 is 37.3 Å². The standard InChI is InChI=1S/C68H133N2O7P/c1-7-10-13-16-19-22-25-28-30-32-33-34-35-36-37-39-40-42-45-48-51-54-57-60-67(71)69-65(64-76-78(73,74)75-63-62-70(4,5)6)66(59-56-53-50-47-44-27-24-21-18-15-12-9-3)77-68(72)61-58-55-52-49-46-43-41-38-31-29-26-23-20-17-14-11-8-2/h28,30,56,59,65-66H,7-27,29,31-55,57-58,60-64H2,1-6H3,(H-,69,71,73,74)/p+1/b30-28+,59-56-. The number of esters is 1. The Balaban J connectivity index is 5.08. The maximum atomic E-state index is 13.6. The van der Waals surface area contributed by atoms with E-state index >= 15 is 0 Å². The van der Waals surface area contributed by atoms with E-state index in [-0.39, 0.29) is 25.1 Å². The molecule has 0 aromatic carbocycles.